The van der Waals surface area contributed by atoms with E-state index in [9.17, 15) is 19.2 Å². The lowest BCUT2D eigenvalue weighted by molar-refractivity contribution is -0.134. The Morgan fingerprint density at radius 3 is 2.21 bits per heavy atom. The van der Waals surface area contributed by atoms with Crippen molar-refractivity contribution >= 4 is 51.6 Å². The Morgan fingerprint density at radius 2 is 1.48 bits per heavy atom. The predicted octanol–water partition coefficient (Wildman–Crippen LogP) is 5.91. The molecule has 8 heterocycles. The van der Waals surface area contributed by atoms with Crippen LogP contribution in [-0.2, 0) is 30.1 Å². The van der Waals surface area contributed by atoms with Gasteiger partial charge in [-0.1, -0.05) is 37.3 Å². The third kappa shape index (κ3) is 8.24. The summed E-state index contributed by atoms with van der Waals surface area (Å²) < 4.78 is 10.2. The van der Waals surface area contributed by atoms with Crippen LogP contribution in [0.25, 0.3) is 38.8 Å². The van der Waals surface area contributed by atoms with E-state index >= 15 is 0 Å². The van der Waals surface area contributed by atoms with Crippen molar-refractivity contribution in [2.45, 2.75) is 51.0 Å². The number of pyridine rings is 2. The van der Waals surface area contributed by atoms with Crippen molar-refractivity contribution in [1.29, 1.82) is 0 Å². The first kappa shape index (κ1) is 45.6. The molecule has 0 spiro atoms. The molecule has 4 aromatic heterocycles. The highest BCUT2D eigenvalue weighted by molar-refractivity contribution is 6.07. The second-order valence-corrected chi connectivity index (χ2v) is 18.7. The van der Waals surface area contributed by atoms with Gasteiger partial charge in [0, 0.05) is 108 Å². The van der Waals surface area contributed by atoms with Crippen LogP contribution in [0.3, 0.4) is 0 Å². The van der Waals surface area contributed by atoms with Gasteiger partial charge in [0.2, 0.25) is 11.8 Å². The first-order chi connectivity index (χ1) is 34.6. The first-order valence-electron chi connectivity index (χ1n) is 24.6. The van der Waals surface area contributed by atoms with E-state index in [4.69, 9.17) is 14.8 Å². The number of anilines is 4. The van der Waals surface area contributed by atoms with Crippen molar-refractivity contribution in [3.8, 4) is 34.0 Å². The Kier molecular flexibility index (Phi) is 12.1. The quantitative estimate of drug-likeness (QED) is 0.152. The van der Waals surface area contributed by atoms with Gasteiger partial charge in [-0.15, -0.1) is 5.10 Å². The molecule has 0 aliphatic carbocycles. The number of amides is 4. The monoisotopic (exact) mass is 955 g/mol. The molecule has 4 aliphatic heterocycles. The fourth-order valence-corrected chi connectivity index (χ4v) is 11.2. The molecule has 4 amide bonds. The maximum Gasteiger partial charge on any atom is 0.353 e. The van der Waals surface area contributed by atoms with Crippen molar-refractivity contribution < 1.29 is 19.1 Å². The summed E-state index contributed by atoms with van der Waals surface area (Å²) in [7, 11) is 5.05. The van der Waals surface area contributed by atoms with Crippen molar-refractivity contribution in [3.63, 3.8) is 0 Å². The molecule has 1 unspecified atom stereocenters. The first-order valence-corrected chi connectivity index (χ1v) is 24.6. The largest absolute Gasteiger partial charge is 0.467 e. The van der Waals surface area contributed by atoms with E-state index in [1.165, 1.54) is 16.4 Å². The molecular formula is C53H57N13O5. The van der Waals surface area contributed by atoms with E-state index < -0.39 is 5.92 Å². The highest BCUT2D eigenvalue weighted by Gasteiger charge is 2.35. The van der Waals surface area contributed by atoms with Crippen LogP contribution in [-0.4, -0.2) is 122 Å². The van der Waals surface area contributed by atoms with Gasteiger partial charge in [-0.3, -0.25) is 39.3 Å². The summed E-state index contributed by atoms with van der Waals surface area (Å²) in [6.07, 6.45) is 8.71. The lowest BCUT2D eigenvalue weighted by atomic mass is 9.90. The minimum absolute atomic E-state index is 0.141. The van der Waals surface area contributed by atoms with Crippen LogP contribution in [0.15, 0.2) is 102 Å². The molecule has 0 saturated carbocycles. The molecular weight excluding hydrogens is 899 g/mol. The highest BCUT2D eigenvalue weighted by Crippen LogP contribution is 2.41. The summed E-state index contributed by atoms with van der Waals surface area (Å²) in [6, 6.07) is 27.2. The summed E-state index contributed by atoms with van der Waals surface area (Å²) in [5.74, 6) is -0.290. The van der Waals surface area contributed by atoms with Gasteiger partial charge in [0.05, 0.1) is 47.5 Å². The number of piperazine rings is 1. The van der Waals surface area contributed by atoms with Crippen molar-refractivity contribution in [3.05, 3.63) is 119 Å². The Hall–Kier alpha value is -7.86. The normalized spacial score (nSPS) is 18.3. The van der Waals surface area contributed by atoms with Crippen LogP contribution in [0.5, 0.6) is 6.01 Å². The van der Waals surface area contributed by atoms with Gasteiger partial charge in [-0.2, -0.15) is 5.10 Å². The predicted molar refractivity (Wildman–Crippen MR) is 273 cm³/mol. The average Bonchev–Trinajstić information content (AvgIpc) is 4.06. The van der Waals surface area contributed by atoms with Crippen LogP contribution < -0.4 is 35.3 Å². The third-order valence-corrected chi connectivity index (χ3v) is 14.9. The fraction of sp³-hybridized carbons (Fsp3) is 0.358. The van der Waals surface area contributed by atoms with Gasteiger partial charge in [0.1, 0.15) is 5.82 Å². The Morgan fingerprint density at radius 1 is 0.704 bits per heavy atom. The lowest BCUT2D eigenvalue weighted by Crippen LogP contribution is -2.53. The minimum atomic E-state index is -0.433. The van der Waals surface area contributed by atoms with E-state index in [1.54, 1.807) is 35.4 Å². The van der Waals surface area contributed by atoms with Gasteiger partial charge in [0.15, 0.2) is 0 Å². The van der Waals surface area contributed by atoms with Crippen LogP contribution in [0.1, 0.15) is 49.8 Å². The fourth-order valence-electron chi connectivity index (χ4n) is 11.2. The summed E-state index contributed by atoms with van der Waals surface area (Å²) in [6.45, 7) is 8.71. The maximum absolute atomic E-state index is 13.9. The molecule has 71 heavy (non-hydrogen) atoms. The second kappa shape index (κ2) is 18.8. The number of rotatable bonds is 11. The number of urea groups is 1. The van der Waals surface area contributed by atoms with Crippen LogP contribution in [0.2, 0.25) is 0 Å². The van der Waals surface area contributed by atoms with Crippen LogP contribution in [0.4, 0.5) is 27.7 Å². The van der Waals surface area contributed by atoms with Crippen molar-refractivity contribution in [1.82, 2.24) is 44.3 Å². The number of ether oxygens (including phenoxy) is 1. The number of aryl methyl sites for hydroxylation is 2. The number of benzene rings is 3. The third-order valence-electron chi connectivity index (χ3n) is 14.9. The summed E-state index contributed by atoms with van der Waals surface area (Å²) >= 11 is 0. The molecule has 4 aliphatic rings. The molecule has 7 aromatic rings. The van der Waals surface area contributed by atoms with Gasteiger partial charge in [-0.05, 0) is 96.5 Å². The zero-order valence-electron chi connectivity index (χ0n) is 40.5. The van der Waals surface area contributed by atoms with E-state index in [2.05, 4.69) is 73.4 Å². The summed E-state index contributed by atoms with van der Waals surface area (Å²) in [5, 5.41) is 12.6. The topological polar surface area (TPSA) is 172 Å². The number of fused-ring (bicyclic) bond motifs is 1. The molecule has 4 fully saturated rings. The zero-order chi connectivity index (χ0) is 48.9. The molecule has 364 valence electrons. The standard InChI is InChI=1S/C53H57N13O5/c1-5-39-41(19-23-55-49(39)65-31-30-64(53(65)70)38-8-7-22-54-33-38)40-16-15-37(66-51(71-4)58-60(3)52(66)69)32-44(40)34-11-13-35(14-12-34)61-26-28-62(29-27-61)36-20-24-63(25-21-36)45-10-6-9-42-47(57-59(2)48(42)45)43-17-18-46(67)56-50(43)68/h6-16,19,22-23,32-33,36,43H,5,17-18,20-21,24-31H2,1-4H3,(H,56,67,68). The zero-order valence-corrected chi connectivity index (χ0v) is 40.5. The number of imide groups is 1. The number of hydrogen-bond donors (Lipinski definition) is 1. The number of carbonyl (C=O) groups is 3. The van der Waals surface area contributed by atoms with Gasteiger partial charge in [0.25, 0.3) is 0 Å². The van der Waals surface area contributed by atoms with Gasteiger partial charge in [-0.25, -0.2) is 23.8 Å². The van der Waals surface area contributed by atoms with Crippen molar-refractivity contribution in [2.24, 2.45) is 14.1 Å². The second-order valence-electron chi connectivity index (χ2n) is 18.7. The molecule has 18 nitrogen and oxygen atoms in total. The van der Waals surface area contributed by atoms with Gasteiger partial charge >= 0.3 is 17.7 Å². The number of carbonyl (C=O) groups excluding carboxylic acids is 3. The smallest absolute Gasteiger partial charge is 0.353 e. The number of methoxy groups -OCH3 is 1. The number of nitrogens with zero attached hydrogens (tertiary/aromatic N) is 12. The lowest BCUT2D eigenvalue weighted by Gasteiger charge is -2.44. The molecule has 11 rings (SSSR count). The number of hydrogen-bond acceptors (Lipinski definition) is 12. The van der Waals surface area contributed by atoms with Crippen LogP contribution in [0, 0.1) is 0 Å². The Balaban J connectivity index is 0.811. The van der Waals surface area contributed by atoms with Crippen molar-refractivity contribution in [2.75, 3.05) is 79.1 Å². The number of aromatic nitrogens is 7. The SMILES string of the molecule is CCc1c(-c2ccc(-n3c(OC)nn(C)c3=O)cc2-c2ccc(N3CCN(C4CCN(c5cccc6c(C7CCC(=O)NC7=O)nn(C)c56)CC4)CC3)cc2)ccnc1N1CCN(c2cccnc2)C1=O. The Labute approximate surface area is 411 Å². The molecule has 1 atom stereocenters. The van der Waals surface area contributed by atoms with Crippen LogP contribution >= 0.6 is 0 Å². The average molecular weight is 956 g/mol. The van der Waals surface area contributed by atoms with E-state index in [0.717, 1.165) is 114 Å². The Bertz CT molecular complexity index is 3220. The number of nitrogens with one attached hydrogen (secondary N) is 1. The van der Waals surface area contributed by atoms with E-state index in [1.807, 2.05) is 54.2 Å². The summed E-state index contributed by atoms with van der Waals surface area (Å²) in [4.78, 5) is 72.2. The molecule has 18 heteroatoms. The molecule has 1 N–H and O–H groups in total. The molecule has 0 radical (unpaired) electrons. The molecule has 4 saturated heterocycles. The molecule has 0 bridgehead atoms. The minimum Gasteiger partial charge on any atom is -0.467 e. The summed E-state index contributed by atoms with van der Waals surface area (Å²) in [5.41, 5.74) is 9.83. The molecule has 3 aromatic carbocycles. The van der Waals surface area contributed by atoms with Gasteiger partial charge < -0.3 is 14.5 Å². The number of para-hydroxylation sites is 1. The highest BCUT2D eigenvalue weighted by atomic mass is 16.5. The van der Waals surface area contributed by atoms with E-state index in [0.29, 0.717) is 49.9 Å². The maximum atomic E-state index is 13.9. The number of piperidine rings is 2. The van der Waals surface area contributed by atoms with E-state index in [-0.39, 0.29) is 29.5 Å².